The second kappa shape index (κ2) is 8.31. The summed E-state index contributed by atoms with van der Waals surface area (Å²) in [7, 11) is 2.99. The molecule has 1 fully saturated rings. The average molecular weight is 416 g/mol. The van der Waals surface area contributed by atoms with Gasteiger partial charge >= 0.3 is 0 Å². The summed E-state index contributed by atoms with van der Waals surface area (Å²) in [6.45, 7) is 0. The van der Waals surface area contributed by atoms with E-state index in [2.05, 4.69) is 4.98 Å². The highest BCUT2D eigenvalue weighted by Gasteiger charge is 2.46. The fourth-order valence-electron chi connectivity index (χ4n) is 3.69. The number of benzene rings is 2. The summed E-state index contributed by atoms with van der Waals surface area (Å²) in [5.74, 6) is -0.897. The van der Waals surface area contributed by atoms with E-state index in [-0.39, 0.29) is 11.3 Å². The molecular weight excluding hydrogens is 396 g/mol. The molecule has 31 heavy (non-hydrogen) atoms. The summed E-state index contributed by atoms with van der Waals surface area (Å²) >= 11 is 0. The Bertz CT molecular complexity index is 1160. The highest BCUT2D eigenvalue weighted by molar-refractivity contribution is 6.51. The van der Waals surface area contributed by atoms with E-state index in [1.165, 1.54) is 19.1 Å². The van der Waals surface area contributed by atoms with Crippen LogP contribution in [0.25, 0.3) is 5.76 Å². The quantitative estimate of drug-likeness (QED) is 0.387. The number of hydrogen-bond donors (Lipinski definition) is 1. The van der Waals surface area contributed by atoms with E-state index in [1.807, 2.05) is 6.07 Å². The number of para-hydroxylation sites is 1. The summed E-state index contributed by atoms with van der Waals surface area (Å²) in [6, 6.07) is 16.3. The molecule has 156 valence electrons. The molecule has 1 aromatic heterocycles. The van der Waals surface area contributed by atoms with Crippen molar-refractivity contribution in [3.63, 3.8) is 0 Å². The van der Waals surface area contributed by atoms with Gasteiger partial charge in [-0.2, -0.15) is 0 Å². The van der Waals surface area contributed by atoms with Crippen molar-refractivity contribution in [2.24, 2.45) is 0 Å². The number of aliphatic hydroxyl groups is 1. The predicted octanol–water partition coefficient (Wildman–Crippen LogP) is 3.73. The Morgan fingerprint density at radius 1 is 0.935 bits per heavy atom. The van der Waals surface area contributed by atoms with Gasteiger partial charge in [-0.3, -0.25) is 19.5 Å². The molecule has 1 aliphatic heterocycles. The van der Waals surface area contributed by atoms with Gasteiger partial charge in [0, 0.05) is 23.6 Å². The van der Waals surface area contributed by atoms with Crippen LogP contribution < -0.4 is 14.4 Å². The zero-order valence-corrected chi connectivity index (χ0v) is 17.0. The molecule has 7 heteroatoms. The topological polar surface area (TPSA) is 89.0 Å². The van der Waals surface area contributed by atoms with Gasteiger partial charge in [-0.05, 0) is 48.0 Å². The molecule has 1 saturated heterocycles. The predicted molar refractivity (Wildman–Crippen MR) is 115 cm³/mol. The van der Waals surface area contributed by atoms with Crippen molar-refractivity contribution in [1.29, 1.82) is 0 Å². The molecule has 3 aromatic rings. The SMILES string of the molecule is COc1ccc(/C(O)=C2/C(=O)C(=O)N(c3ccccc3)C2c2ccncc2)cc1OC. The fraction of sp³-hybridized carbons (Fsp3) is 0.125. The van der Waals surface area contributed by atoms with Gasteiger partial charge in [0.25, 0.3) is 11.7 Å². The van der Waals surface area contributed by atoms with Crippen molar-refractivity contribution in [1.82, 2.24) is 4.98 Å². The lowest BCUT2D eigenvalue weighted by atomic mass is 9.95. The second-order valence-electron chi connectivity index (χ2n) is 6.85. The van der Waals surface area contributed by atoms with E-state index in [0.717, 1.165) is 0 Å². The zero-order chi connectivity index (χ0) is 22.0. The van der Waals surface area contributed by atoms with Crippen LogP contribution >= 0.6 is 0 Å². The molecule has 1 aliphatic rings. The lowest BCUT2D eigenvalue weighted by molar-refractivity contribution is -0.132. The van der Waals surface area contributed by atoms with Gasteiger partial charge < -0.3 is 14.6 Å². The molecule has 0 aliphatic carbocycles. The highest BCUT2D eigenvalue weighted by atomic mass is 16.5. The van der Waals surface area contributed by atoms with Crippen molar-refractivity contribution in [2.75, 3.05) is 19.1 Å². The number of amides is 1. The number of carbonyl (C=O) groups excluding carboxylic acids is 2. The van der Waals surface area contributed by atoms with Crippen LogP contribution in [-0.4, -0.2) is 36.0 Å². The number of rotatable bonds is 5. The Balaban J connectivity index is 1.93. The maximum atomic E-state index is 13.1. The van der Waals surface area contributed by atoms with Crippen LogP contribution in [0.15, 0.2) is 78.6 Å². The van der Waals surface area contributed by atoms with Crippen LogP contribution in [0, 0.1) is 0 Å². The molecule has 0 bridgehead atoms. The van der Waals surface area contributed by atoms with Crippen molar-refractivity contribution in [3.05, 3.63) is 89.8 Å². The van der Waals surface area contributed by atoms with E-state index >= 15 is 0 Å². The third kappa shape index (κ3) is 3.50. The number of pyridine rings is 1. The molecule has 2 aromatic carbocycles. The van der Waals surface area contributed by atoms with Crippen molar-refractivity contribution in [2.45, 2.75) is 6.04 Å². The summed E-state index contributed by atoms with van der Waals surface area (Å²) in [5.41, 5.74) is 1.54. The number of carbonyl (C=O) groups is 2. The van der Waals surface area contributed by atoms with E-state index in [1.54, 1.807) is 67.0 Å². The summed E-state index contributed by atoms with van der Waals surface area (Å²) < 4.78 is 10.6. The number of ether oxygens (including phenoxy) is 2. The molecule has 4 rings (SSSR count). The van der Waals surface area contributed by atoms with Crippen LogP contribution in [0.2, 0.25) is 0 Å². The number of aromatic nitrogens is 1. The average Bonchev–Trinajstić information content (AvgIpc) is 3.09. The molecule has 0 radical (unpaired) electrons. The van der Waals surface area contributed by atoms with Gasteiger partial charge in [0.2, 0.25) is 0 Å². The maximum absolute atomic E-state index is 13.1. The normalized spacial score (nSPS) is 17.6. The number of anilines is 1. The van der Waals surface area contributed by atoms with Crippen LogP contribution in [0.1, 0.15) is 17.2 Å². The first-order valence-electron chi connectivity index (χ1n) is 9.55. The molecule has 1 unspecified atom stereocenters. The standard InChI is InChI=1S/C24H20N2O5/c1-30-18-9-8-16(14-19(18)31-2)22(27)20-21(15-10-12-25-13-11-15)26(24(29)23(20)28)17-6-4-3-5-7-17/h3-14,21,27H,1-2H3/b22-20-. The highest BCUT2D eigenvalue weighted by Crippen LogP contribution is 2.42. The van der Waals surface area contributed by atoms with E-state index in [9.17, 15) is 14.7 Å². The minimum atomic E-state index is -0.807. The van der Waals surface area contributed by atoms with Gasteiger partial charge in [0.05, 0.1) is 25.8 Å². The van der Waals surface area contributed by atoms with Crippen LogP contribution in [0.5, 0.6) is 11.5 Å². The number of Topliss-reactive ketones (excluding diaryl/α,β-unsaturated/α-hetero) is 1. The van der Waals surface area contributed by atoms with Gasteiger partial charge in [-0.1, -0.05) is 18.2 Å². The molecule has 1 N–H and O–H groups in total. The largest absolute Gasteiger partial charge is 0.507 e. The summed E-state index contributed by atoms with van der Waals surface area (Å²) in [4.78, 5) is 31.5. The summed E-state index contributed by atoms with van der Waals surface area (Å²) in [6.07, 6.45) is 3.16. The molecule has 2 heterocycles. The molecule has 0 saturated carbocycles. The lowest BCUT2D eigenvalue weighted by Crippen LogP contribution is -2.29. The van der Waals surface area contributed by atoms with E-state index in [4.69, 9.17) is 9.47 Å². The van der Waals surface area contributed by atoms with Gasteiger partial charge in [-0.15, -0.1) is 0 Å². The van der Waals surface area contributed by atoms with Crippen LogP contribution in [0.3, 0.4) is 0 Å². The maximum Gasteiger partial charge on any atom is 0.300 e. The number of ketones is 1. The number of aliphatic hydroxyl groups excluding tert-OH is 1. The Morgan fingerprint density at radius 3 is 2.26 bits per heavy atom. The number of hydrogen-bond acceptors (Lipinski definition) is 6. The van der Waals surface area contributed by atoms with Crippen LogP contribution in [-0.2, 0) is 9.59 Å². The Kier molecular flexibility index (Phi) is 5.41. The van der Waals surface area contributed by atoms with Crippen molar-refractivity contribution < 1.29 is 24.2 Å². The first-order chi connectivity index (χ1) is 15.1. The van der Waals surface area contributed by atoms with Crippen molar-refractivity contribution >= 4 is 23.1 Å². The fourth-order valence-corrected chi connectivity index (χ4v) is 3.69. The minimum Gasteiger partial charge on any atom is -0.507 e. The zero-order valence-electron chi connectivity index (χ0n) is 17.0. The monoisotopic (exact) mass is 416 g/mol. The first-order valence-corrected chi connectivity index (χ1v) is 9.55. The molecule has 1 atom stereocenters. The van der Waals surface area contributed by atoms with E-state index in [0.29, 0.717) is 28.3 Å². The van der Waals surface area contributed by atoms with Gasteiger partial charge in [-0.25, -0.2) is 0 Å². The molecule has 7 nitrogen and oxygen atoms in total. The van der Waals surface area contributed by atoms with E-state index < -0.39 is 17.7 Å². The minimum absolute atomic E-state index is 0.00715. The number of nitrogens with zero attached hydrogens (tertiary/aromatic N) is 2. The Hall–Kier alpha value is -4.13. The van der Waals surface area contributed by atoms with Gasteiger partial charge in [0.15, 0.2) is 11.5 Å². The molecular formula is C24H20N2O5. The molecule has 0 spiro atoms. The third-order valence-electron chi connectivity index (χ3n) is 5.16. The van der Waals surface area contributed by atoms with Crippen molar-refractivity contribution in [3.8, 4) is 11.5 Å². The molecule has 1 amide bonds. The Morgan fingerprint density at radius 2 is 1.61 bits per heavy atom. The van der Waals surface area contributed by atoms with Crippen LogP contribution in [0.4, 0.5) is 5.69 Å². The number of methoxy groups -OCH3 is 2. The summed E-state index contributed by atoms with van der Waals surface area (Å²) in [5, 5.41) is 11.2. The lowest BCUT2D eigenvalue weighted by Gasteiger charge is -2.25. The second-order valence-corrected chi connectivity index (χ2v) is 6.85. The third-order valence-corrected chi connectivity index (χ3v) is 5.16. The van der Waals surface area contributed by atoms with Gasteiger partial charge in [0.1, 0.15) is 5.76 Å². The Labute approximate surface area is 179 Å². The first kappa shape index (κ1) is 20.2. The smallest absolute Gasteiger partial charge is 0.300 e.